The predicted molar refractivity (Wildman–Crippen MR) is 66.9 cm³/mol. The normalized spacial score (nSPS) is 10.5. The van der Waals surface area contributed by atoms with E-state index in [4.69, 9.17) is 4.52 Å². The van der Waals surface area contributed by atoms with E-state index >= 15 is 0 Å². The Morgan fingerprint density at radius 2 is 2.24 bits per heavy atom. The molecule has 1 amide bonds. The molecule has 5 heteroatoms. The number of amides is 1. The summed E-state index contributed by atoms with van der Waals surface area (Å²) in [4.78, 5) is 11.5. The minimum atomic E-state index is -0.0891. The molecule has 0 aliphatic rings. The molecule has 0 atom stereocenters. The quantitative estimate of drug-likeness (QED) is 0.682. The molecule has 2 N–H and O–H groups in total. The molecular formula is C12H21N3O2. The number of rotatable bonds is 8. The lowest BCUT2D eigenvalue weighted by Gasteiger charge is -2.03. The minimum absolute atomic E-state index is 0.0891. The molecule has 5 nitrogen and oxygen atoms in total. The molecule has 96 valence electrons. The van der Waals surface area contributed by atoms with Crippen LogP contribution in [-0.2, 0) is 4.79 Å². The molecule has 0 aliphatic carbocycles. The summed E-state index contributed by atoms with van der Waals surface area (Å²) in [6.07, 6.45) is 4.82. The highest BCUT2D eigenvalue weighted by Gasteiger charge is 2.04. The van der Waals surface area contributed by atoms with Gasteiger partial charge in [0.05, 0.1) is 6.54 Å². The van der Waals surface area contributed by atoms with Crippen molar-refractivity contribution in [1.82, 2.24) is 10.5 Å². The maximum absolute atomic E-state index is 11.5. The maximum atomic E-state index is 11.5. The fourth-order valence-electron chi connectivity index (χ4n) is 1.49. The largest absolute Gasteiger partial charge is 0.360 e. The van der Waals surface area contributed by atoms with E-state index in [0.717, 1.165) is 13.0 Å². The van der Waals surface area contributed by atoms with Crippen molar-refractivity contribution >= 4 is 11.7 Å². The molecule has 0 radical (unpaired) electrons. The Kier molecular flexibility index (Phi) is 6.32. The standard InChI is InChI=1S/C12H21N3O2/c1-3-4-5-6-7-13-9-12(16)14-11-8-10(2)17-15-11/h8,13H,3-7,9H2,1-2H3,(H,14,15,16). The summed E-state index contributed by atoms with van der Waals surface area (Å²) in [6, 6.07) is 1.69. The molecule has 0 unspecified atom stereocenters. The summed E-state index contributed by atoms with van der Waals surface area (Å²) in [6.45, 7) is 5.17. The van der Waals surface area contributed by atoms with E-state index in [2.05, 4.69) is 22.7 Å². The fraction of sp³-hybridized carbons (Fsp3) is 0.667. The van der Waals surface area contributed by atoms with Crippen LogP contribution in [0.1, 0.15) is 38.4 Å². The first-order valence-electron chi connectivity index (χ1n) is 6.16. The first-order valence-corrected chi connectivity index (χ1v) is 6.16. The van der Waals surface area contributed by atoms with Crippen LogP contribution in [0.2, 0.25) is 0 Å². The van der Waals surface area contributed by atoms with Crippen LogP contribution >= 0.6 is 0 Å². The van der Waals surface area contributed by atoms with Crippen LogP contribution in [-0.4, -0.2) is 24.2 Å². The Balaban J connectivity index is 2.05. The van der Waals surface area contributed by atoms with Gasteiger partial charge in [0, 0.05) is 6.07 Å². The highest BCUT2D eigenvalue weighted by atomic mass is 16.5. The Morgan fingerprint density at radius 1 is 1.41 bits per heavy atom. The number of nitrogens with one attached hydrogen (secondary N) is 2. The number of carbonyl (C=O) groups is 1. The van der Waals surface area contributed by atoms with Gasteiger partial charge < -0.3 is 15.2 Å². The molecule has 0 aromatic carbocycles. The minimum Gasteiger partial charge on any atom is -0.360 e. The van der Waals surface area contributed by atoms with Gasteiger partial charge >= 0.3 is 0 Å². The van der Waals surface area contributed by atoms with Crippen molar-refractivity contribution < 1.29 is 9.32 Å². The Morgan fingerprint density at radius 3 is 2.88 bits per heavy atom. The summed E-state index contributed by atoms with van der Waals surface area (Å²) in [5, 5.41) is 9.45. The summed E-state index contributed by atoms with van der Waals surface area (Å²) in [5.74, 6) is 1.07. The van der Waals surface area contributed by atoms with Crippen molar-refractivity contribution in [3.05, 3.63) is 11.8 Å². The third-order valence-electron chi connectivity index (χ3n) is 2.39. The van der Waals surface area contributed by atoms with Gasteiger partial charge in [-0.15, -0.1) is 0 Å². The smallest absolute Gasteiger partial charge is 0.239 e. The highest BCUT2D eigenvalue weighted by molar-refractivity contribution is 5.91. The second kappa shape index (κ2) is 7.84. The van der Waals surface area contributed by atoms with E-state index in [1.165, 1.54) is 19.3 Å². The molecule has 17 heavy (non-hydrogen) atoms. The first-order chi connectivity index (χ1) is 8.22. The number of aryl methyl sites for hydroxylation is 1. The Labute approximate surface area is 102 Å². The molecule has 0 spiro atoms. The van der Waals surface area contributed by atoms with Crippen LogP contribution in [0.3, 0.4) is 0 Å². The zero-order chi connectivity index (χ0) is 12.5. The van der Waals surface area contributed by atoms with Gasteiger partial charge in [-0.1, -0.05) is 31.3 Å². The van der Waals surface area contributed by atoms with Crippen LogP contribution in [0.4, 0.5) is 5.82 Å². The first kappa shape index (κ1) is 13.7. The monoisotopic (exact) mass is 239 g/mol. The molecule has 1 aromatic heterocycles. The zero-order valence-electron chi connectivity index (χ0n) is 10.6. The summed E-state index contributed by atoms with van der Waals surface area (Å²) < 4.78 is 4.85. The maximum Gasteiger partial charge on any atom is 0.239 e. The lowest BCUT2D eigenvalue weighted by atomic mass is 10.2. The molecular weight excluding hydrogens is 218 g/mol. The van der Waals surface area contributed by atoms with Crippen LogP contribution in [0.25, 0.3) is 0 Å². The molecule has 1 rings (SSSR count). The molecule has 0 aliphatic heterocycles. The predicted octanol–water partition coefficient (Wildman–Crippen LogP) is 2.09. The van der Waals surface area contributed by atoms with E-state index in [9.17, 15) is 4.79 Å². The van der Waals surface area contributed by atoms with Gasteiger partial charge in [0.1, 0.15) is 5.76 Å². The van der Waals surface area contributed by atoms with E-state index in [1.807, 2.05) is 0 Å². The van der Waals surface area contributed by atoms with E-state index in [1.54, 1.807) is 13.0 Å². The number of carbonyl (C=O) groups excluding carboxylic acids is 1. The second-order valence-corrected chi connectivity index (χ2v) is 4.11. The Hall–Kier alpha value is -1.36. The molecule has 1 heterocycles. The van der Waals surface area contributed by atoms with E-state index in [0.29, 0.717) is 18.1 Å². The van der Waals surface area contributed by atoms with Crippen LogP contribution in [0.15, 0.2) is 10.6 Å². The van der Waals surface area contributed by atoms with Crippen molar-refractivity contribution in [2.75, 3.05) is 18.4 Å². The lowest BCUT2D eigenvalue weighted by Crippen LogP contribution is -2.28. The average Bonchev–Trinajstić information content (AvgIpc) is 2.69. The third kappa shape index (κ3) is 6.06. The van der Waals surface area contributed by atoms with E-state index < -0.39 is 0 Å². The second-order valence-electron chi connectivity index (χ2n) is 4.11. The van der Waals surface area contributed by atoms with Gasteiger partial charge in [-0.3, -0.25) is 4.79 Å². The van der Waals surface area contributed by atoms with Crippen LogP contribution in [0, 0.1) is 6.92 Å². The summed E-state index contributed by atoms with van der Waals surface area (Å²) in [5.41, 5.74) is 0. The third-order valence-corrected chi connectivity index (χ3v) is 2.39. The average molecular weight is 239 g/mol. The molecule has 1 aromatic rings. The van der Waals surface area contributed by atoms with Crippen molar-refractivity contribution in [3.63, 3.8) is 0 Å². The zero-order valence-corrected chi connectivity index (χ0v) is 10.6. The number of hydrogen-bond donors (Lipinski definition) is 2. The van der Waals surface area contributed by atoms with Gasteiger partial charge in [0.2, 0.25) is 5.91 Å². The summed E-state index contributed by atoms with van der Waals surface area (Å²) >= 11 is 0. The van der Waals surface area contributed by atoms with Crippen LogP contribution < -0.4 is 10.6 Å². The number of aromatic nitrogens is 1. The van der Waals surface area contributed by atoms with Gasteiger partial charge in [0.25, 0.3) is 0 Å². The number of anilines is 1. The van der Waals surface area contributed by atoms with Crippen LogP contribution in [0.5, 0.6) is 0 Å². The van der Waals surface area contributed by atoms with Crippen molar-refractivity contribution in [2.45, 2.75) is 39.5 Å². The molecule has 0 bridgehead atoms. The lowest BCUT2D eigenvalue weighted by molar-refractivity contribution is -0.115. The van der Waals surface area contributed by atoms with Gasteiger partial charge in [-0.2, -0.15) is 0 Å². The molecule has 0 saturated heterocycles. The SMILES string of the molecule is CCCCCCNCC(=O)Nc1cc(C)on1. The van der Waals surface area contributed by atoms with E-state index in [-0.39, 0.29) is 5.91 Å². The molecule has 0 saturated carbocycles. The molecule has 0 fully saturated rings. The van der Waals surface area contributed by atoms with Gasteiger partial charge in [-0.25, -0.2) is 0 Å². The van der Waals surface area contributed by atoms with Crippen molar-refractivity contribution in [3.8, 4) is 0 Å². The number of unbranched alkanes of at least 4 members (excludes halogenated alkanes) is 3. The topological polar surface area (TPSA) is 67.2 Å². The fourth-order valence-corrected chi connectivity index (χ4v) is 1.49. The number of nitrogens with zero attached hydrogens (tertiary/aromatic N) is 1. The van der Waals surface area contributed by atoms with Gasteiger partial charge in [0.15, 0.2) is 5.82 Å². The Bertz CT molecular complexity index is 336. The number of hydrogen-bond acceptors (Lipinski definition) is 4. The van der Waals surface area contributed by atoms with Crippen molar-refractivity contribution in [2.24, 2.45) is 0 Å². The highest BCUT2D eigenvalue weighted by Crippen LogP contribution is 2.06. The van der Waals surface area contributed by atoms with Crippen molar-refractivity contribution in [1.29, 1.82) is 0 Å². The van der Waals surface area contributed by atoms with Gasteiger partial charge in [-0.05, 0) is 19.9 Å². The summed E-state index contributed by atoms with van der Waals surface area (Å²) in [7, 11) is 0.